The normalized spacial score (nSPS) is 10.2. The minimum atomic E-state index is -1.04. The maximum Gasteiger partial charge on any atom is 0.246 e. The number of carboxylic acid groups (broad SMARTS) is 1. The van der Waals surface area contributed by atoms with Crippen molar-refractivity contribution < 1.29 is 14.7 Å². The monoisotopic (exact) mass is 227 g/mol. The van der Waals surface area contributed by atoms with E-state index in [0.717, 1.165) is 13.0 Å². The zero-order valence-electron chi connectivity index (χ0n) is 9.91. The molecule has 0 saturated carbocycles. The van der Waals surface area contributed by atoms with E-state index in [9.17, 15) is 14.7 Å². The molecule has 0 aromatic rings. The number of nitrogens with zero attached hydrogens (tertiary/aromatic N) is 1. The average Bonchev–Trinajstić information content (AvgIpc) is 2.20. The number of carbonyl (C=O) groups is 2. The lowest BCUT2D eigenvalue weighted by atomic mass is 10.3. The summed E-state index contributed by atoms with van der Waals surface area (Å²) >= 11 is 0. The molecule has 0 aliphatic heterocycles. The summed E-state index contributed by atoms with van der Waals surface area (Å²) in [5.74, 6) is -1.18. The van der Waals surface area contributed by atoms with Crippen LogP contribution < -0.4 is 10.4 Å². The van der Waals surface area contributed by atoms with E-state index in [1.54, 1.807) is 6.92 Å². The van der Waals surface area contributed by atoms with Gasteiger partial charge in [-0.2, -0.15) is 0 Å². The van der Waals surface area contributed by atoms with Gasteiger partial charge >= 0.3 is 0 Å². The van der Waals surface area contributed by atoms with Crippen molar-refractivity contribution in [3.63, 3.8) is 0 Å². The van der Waals surface area contributed by atoms with E-state index < -0.39 is 5.97 Å². The van der Waals surface area contributed by atoms with Crippen molar-refractivity contribution in [3.8, 4) is 0 Å². The van der Waals surface area contributed by atoms with Gasteiger partial charge in [0.05, 0.1) is 0 Å². The molecule has 1 N–H and O–H groups in total. The van der Waals surface area contributed by atoms with Crippen LogP contribution in [0.5, 0.6) is 0 Å². The molecule has 0 unspecified atom stereocenters. The van der Waals surface area contributed by atoms with Crippen molar-refractivity contribution in [2.75, 3.05) is 26.7 Å². The fourth-order valence-electron chi connectivity index (χ4n) is 1.10. The molecule has 0 atom stereocenters. The summed E-state index contributed by atoms with van der Waals surface area (Å²) in [4.78, 5) is 23.2. The molecule has 0 aliphatic rings. The van der Waals surface area contributed by atoms with Gasteiger partial charge in [0, 0.05) is 24.6 Å². The highest BCUT2D eigenvalue weighted by atomic mass is 16.4. The second-order valence-electron chi connectivity index (χ2n) is 3.82. The predicted molar refractivity (Wildman–Crippen MR) is 59.6 cm³/mol. The zero-order chi connectivity index (χ0) is 12.6. The van der Waals surface area contributed by atoms with E-state index in [-0.39, 0.29) is 12.3 Å². The molecule has 0 aromatic heterocycles. The molecule has 0 bridgehead atoms. The summed E-state index contributed by atoms with van der Waals surface area (Å²) in [5.41, 5.74) is 0.491. The molecule has 0 fully saturated rings. The highest BCUT2D eigenvalue weighted by molar-refractivity contribution is 5.91. The van der Waals surface area contributed by atoms with Crippen molar-refractivity contribution in [2.45, 2.75) is 19.8 Å². The Balaban J connectivity index is 3.47. The van der Waals surface area contributed by atoms with Gasteiger partial charge in [-0.3, -0.25) is 4.79 Å². The van der Waals surface area contributed by atoms with Crippen LogP contribution >= 0.6 is 0 Å². The van der Waals surface area contributed by atoms with Crippen molar-refractivity contribution in [3.05, 3.63) is 12.2 Å². The second kappa shape index (κ2) is 7.87. The first-order valence-electron chi connectivity index (χ1n) is 5.25. The molecular weight excluding hydrogens is 208 g/mol. The average molecular weight is 227 g/mol. The number of aliphatic carboxylic acids is 1. The largest absolute Gasteiger partial charge is 0.550 e. The molecule has 0 spiro atoms. The molecule has 16 heavy (non-hydrogen) atoms. The zero-order valence-corrected chi connectivity index (χ0v) is 9.91. The summed E-state index contributed by atoms with van der Waals surface area (Å²) in [7, 11) is 1.84. The van der Waals surface area contributed by atoms with Gasteiger partial charge in [0.2, 0.25) is 5.91 Å². The number of hydrogen-bond donors (Lipinski definition) is 1. The Morgan fingerprint density at radius 3 is 2.50 bits per heavy atom. The lowest BCUT2D eigenvalue weighted by molar-refractivity contribution is -0.305. The quantitative estimate of drug-likeness (QED) is 0.432. The number of carboxylic acids is 1. The summed E-state index contributed by atoms with van der Waals surface area (Å²) < 4.78 is 0. The standard InChI is InChI=1S/C11H20N2O3/c1-9(2)11(16)12-6-4-7-13(3)8-5-10(14)15/h1,4-8H2,2-3H3,(H,12,16)(H,14,15)/p-1. The first-order valence-corrected chi connectivity index (χ1v) is 5.25. The van der Waals surface area contributed by atoms with Crippen LogP contribution in [0.1, 0.15) is 19.8 Å². The fraction of sp³-hybridized carbons (Fsp3) is 0.636. The molecule has 0 radical (unpaired) electrons. The molecular formula is C11H19N2O3-. The number of amides is 1. The molecule has 0 heterocycles. The van der Waals surface area contributed by atoms with Gasteiger partial charge in [-0.15, -0.1) is 0 Å². The smallest absolute Gasteiger partial charge is 0.246 e. The first kappa shape index (κ1) is 14.6. The molecule has 5 nitrogen and oxygen atoms in total. The van der Waals surface area contributed by atoms with E-state index in [2.05, 4.69) is 11.9 Å². The molecule has 0 aliphatic carbocycles. The van der Waals surface area contributed by atoms with Crippen LogP contribution in [-0.4, -0.2) is 43.5 Å². The fourth-order valence-corrected chi connectivity index (χ4v) is 1.10. The Labute approximate surface area is 96.1 Å². The van der Waals surface area contributed by atoms with Gasteiger partial charge in [0.1, 0.15) is 0 Å². The van der Waals surface area contributed by atoms with E-state index in [4.69, 9.17) is 0 Å². The third-order valence-corrected chi connectivity index (χ3v) is 2.09. The Bertz CT molecular complexity index is 264. The summed E-state index contributed by atoms with van der Waals surface area (Å²) in [6, 6.07) is 0. The van der Waals surface area contributed by atoms with Crippen LogP contribution in [0.4, 0.5) is 0 Å². The first-order chi connectivity index (χ1) is 7.43. The Hall–Kier alpha value is -1.36. The van der Waals surface area contributed by atoms with E-state index >= 15 is 0 Å². The van der Waals surface area contributed by atoms with Crippen LogP contribution in [0.3, 0.4) is 0 Å². The van der Waals surface area contributed by atoms with Crippen molar-refractivity contribution in [1.82, 2.24) is 10.2 Å². The third-order valence-electron chi connectivity index (χ3n) is 2.09. The molecule has 5 heteroatoms. The van der Waals surface area contributed by atoms with Crippen molar-refractivity contribution in [1.29, 1.82) is 0 Å². The molecule has 0 aromatic carbocycles. The van der Waals surface area contributed by atoms with Crippen molar-refractivity contribution >= 4 is 11.9 Å². The lowest BCUT2D eigenvalue weighted by Gasteiger charge is -2.16. The Morgan fingerprint density at radius 2 is 2.00 bits per heavy atom. The van der Waals surface area contributed by atoms with Gasteiger partial charge in [0.25, 0.3) is 0 Å². The van der Waals surface area contributed by atoms with Crippen LogP contribution in [-0.2, 0) is 9.59 Å². The number of carbonyl (C=O) groups excluding carboxylic acids is 2. The third kappa shape index (κ3) is 7.99. The van der Waals surface area contributed by atoms with Gasteiger partial charge in [0.15, 0.2) is 0 Å². The van der Waals surface area contributed by atoms with Gasteiger partial charge < -0.3 is 20.1 Å². The lowest BCUT2D eigenvalue weighted by Crippen LogP contribution is -2.31. The second-order valence-corrected chi connectivity index (χ2v) is 3.82. The minimum Gasteiger partial charge on any atom is -0.550 e. The summed E-state index contributed by atoms with van der Waals surface area (Å²) in [6.45, 7) is 6.96. The van der Waals surface area contributed by atoms with Crippen molar-refractivity contribution in [2.24, 2.45) is 0 Å². The predicted octanol–water partition coefficient (Wildman–Crippen LogP) is -0.859. The SMILES string of the molecule is C=C(C)C(=O)NCCCN(C)CCC(=O)[O-]. The molecule has 0 saturated heterocycles. The van der Waals surface area contributed by atoms with Crippen LogP contribution in [0.15, 0.2) is 12.2 Å². The maximum absolute atomic E-state index is 11.1. The van der Waals surface area contributed by atoms with Gasteiger partial charge in [-0.05, 0) is 33.4 Å². The number of rotatable bonds is 8. The Kier molecular flexibility index (Phi) is 7.20. The van der Waals surface area contributed by atoms with E-state index in [1.807, 2.05) is 11.9 Å². The molecule has 1 amide bonds. The van der Waals surface area contributed by atoms with Crippen LogP contribution in [0.25, 0.3) is 0 Å². The highest BCUT2D eigenvalue weighted by Crippen LogP contribution is 1.90. The number of hydrogen-bond acceptors (Lipinski definition) is 4. The van der Waals surface area contributed by atoms with E-state index in [1.165, 1.54) is 0 Å². The highest BCUT2D eigenvalue weighted by Gasteiger charge is 2.01. The van der Waals surface area contributed by atoms with E-state index in [0.29, 0.717) is 18.7 Å². The minimum absolute atomic E-state index is 0.0363. The molecule has 92 valence electrons. The van der Waals surface area contributed by atoms with Gasteiger partial charge in [-0.1, -0.05) is 6.58 Å². The van der Waals surface area contributed by atoms with Gasteiger partial charge in [-0.25, -0.2) is 0 Å². The Morgan fingerprint density at radius 1 is 1.38 bits per heavy atom. The maximum atomic E-state index is 11.1. The van der Waals surface area contributed by atoms with Crippen LogP contribution in [0, 0.1) is 0 Å². The number of nitrogens with one attached hydrogen (secondary N) is 1. The topological polar surface area (TPSA) is 72.5 Å². The summed E-state index contributed by atoms with van der Waals surface area (Å²) in [5, 5.41) is 12.9. The summed E-state index contributed by atoms with van der Waals surface area (Å²) in [6.07, 6.45) is 0.817. The van der Waals surface area contributed by atoms with Crippen LogP contribution in [0.2, 0.25) is 0 Å². The molecule has 0 rings (SSSR count).